The zero-order chi connectivity index (χ0) is 23.2. The average molecular weight is 456 g/mol. The quantitative estimate of drug-likeness (QED) is 0.418. The van der Waals surface area contributed by atoms with E-state index in [9.17, 15) is 19.2 Å². The highest BCUT2D eigenvalue weighted by Crippen LogP contribution is 2.40. The van der Waals surface area contributed by atoms with Crippen molar-refractivity contribution < 1.29 is 23.9 Å². The third-order valence-corrected chi connectivity index (χ3v) is 7.23. The summed E-state index contributed by atoms with van der Waals surface area (Å²) >= 11 is 1.60. The zero-order valence-electron chi connectivity index (χ0n) is 18.5. The van der Waals surface area contributed by atoms with Gasteiger partial charge in [-0.1, -0.05) is 0 Å². The lowest BCUT2D eigenvalue weighted by Crippen LogP contribution is -2.51. The number of aromatic nitrogens is 1. The molecule has 0 bridgehead atoms. The molecule has 2 aliphatic rings. The molecule has 0 atom stereocenters. The summed E-state index contributed by atoms with van der Waals surface area (Å²) in [7, 11) is 0. The average Bonchev–Trinajstić information content (AvgIpc) is 3.23. The molecule has 1 aliphatic heterocycles. The van der Waals surface area contributed by atoms with Gasteiger partial charge in [0.15, 0.2) is 0 Å². The smallest absolute Gasteiger partial charge is 0.341 e. The van der Waals surface area contributed by atoms with Crippen molar-refractivity contribution in [1.82, 2.24) is 15.2 Å². The van der Waals surface area contributed by atoms with Crippen molar-refractivity contribution in [3.8, 4) is 5.00 Å². The first-order chi connectivity index (χ1) is 15.2. The molecule has 2 N–H and O–H groups in total. The van der Waals surface area contributed by atoms with Crippen LogP contribution in [-0.4, -0.2) is 35.0 Å². The number of thiophene rings is 1. The Hall–Kier alpha value is -3.20. The summed E-state index contributed by atoms with van der Waals surface area (Å²) in [4.78, 5) is 50.2. The number of barbiturate groups is 1. The van der Waals surface area contributed by atoms with Crippen molar-refractivity contribution in [2.45, 2.75) is 53.4 Å². The van der Waals surface area contributed by atoms with Crippen LogP contribution in [0.4, 0.5) is 4.79 Å². The van der Waals surface area contributed by atoms with Crippen LogP contribution in [0.15, 0.2) is 11.6 Å². The molecule has 0 aromatic carbocycles. The Morgan fingerprint density at radius 2 is 1.78 bits per heavy atom. The van der Waals surface area contributed by atoms with E-state index in [2.05, 4.69) is 10.6 Å². The number of carbonyl (C=O) groups is 4. The first-order valence-corrected chi connectivity index (χ1v) is 11.4. The SMILES string of the molecule is CCOC(=O)c1c(-n2c(C)cc(C(C)=C3C(=O)NC(=O)NC3=O)c2C)sc2c1CCCC2. The molecular formula is C23H25N3O5S. The van der Waals surface area contributed by atoms with E-state index >= 15 is 0 Å². The molecule has 2 aromatic heterocycles. The number of rotatable bonds is 4. The van der Waals surface area contributed by atoms with Crippen LogP contribution in [0, 0.1) is 13.8 Å². The van der Waals surface area contributed by atoms with Gasteiger partial charge < -0.3 is 9.30 Å². The molecule has 4 rings (SSSR count). The molecule has 1 fully saturated rings. The van der Waals surface area contributed by atoms with Crippen molar-refractivity contribution >= 4 is 40.7 Å². The molecule has 4 amide bonds. The molecular weight excluding hydrogens is 430 g/mol. The predicted octanol–water partition coefficient (Wildman–Crippen LogP) is 3.35. The van der Waals surface area contributed by atoms with Crippen LogP contribution >= 0.6 is 11.3 Å². The number of imide groups is 2. The lowest BCUT2D eigenvalue weighted by molar-refractivity contribution is -0.123. The Morgan fingerprint density at radius 1 is 1.12 bits per heavy atom. The van der Waals surface area contributed by atoms with Gasteiger partial charge in [-0.25, -0.2) is 9.59 Å². The normalized spacial score (nSPS) is 15.9. The van der Waals surface area contributed by atoms with Gasteiger partial charge in [0.2, 0.25) is 0 Å². The third-order valence-electron chi connectivity index (χ3n) is 5.95. The standard InChI is InChI=1S/C23H25N3O5S/c1-5-31-22(29)18-14-8-6-7-9-16(14)32-21(18)26-11(2)10-15(13(26)4)12(3)17-19(27)24-23(30)25-20(17)28/h10H,5-9H2,1-4H3,(H2,24,25,27,28,30). The summed E-state index contributed by atoms with van der Waals surface area (Å²) in [5.74, 6) is -1.77. The number of ether oxygens (including phenoxy) is 1. The molecule has 8 nitrogen and oxygen atoms in total. The van der Waals surface area contributed by atoms with Crippen molar-refractivity contribution in [2.24, 2.45) is 0 Å². The molecule has 32 heavy (non-hydrogen) atoms. The highest BCUT2D eigenvalue weighted by atomic mass is 32.1. The second-order valence-corrected chi connectivity index (χ2v) is 9.05. The number of nitrogens with zero attached hydrogens (tertiary/aromatic N) is 1. The summed E-state index contributed by atoms with van der Waals surface area (Å²) < 4.78 is 7.39. The summed E-state index contributed by atoms with van der Waals surface area (Å²) in [5.41, 5.74) is 4.43. The number of esters is 1. The van der Waals surface area contributed by atoms with E-state index in [1.807, 2.05) is 24.5 Å². The van der Waals surface area contributed by atoms with Crippen LogP contribution in [0.2, 0.25) is 0 Å². The van der Waals surface area contributed by atoms with Crippen LogP contribution in [-0.2, 0) is 27.2 Å². The number of nitrogens with one attached hydrogen (secondary N) is 2. The maximum atomic E-state index is 12.9. The van der Waals surface area contributed by atoms with Crippen molar-refractivity contribution in [1.29, 1.82) is 0 Å². The van der Waals surface area contributed by atoms with Gasteiger partial charge in [0.05, 0.1) is 12.2 Å². The lowest BCUT2D eigenvalue weighted by atomic mass is 9.95. The monoisotopic (exact) mass is 455 g/mol. The summed E-state index contributed by atoms with van der Waals surface area (Å²) in [6, 6.07) is 1.06. The van der Waals surface area contributed by atoms with E-state index in [4.69, 9.17) is 4.74 Å². The van der Waals surface area contributed by atoms with Gasteiger partial charge in [0.25, 0.3) is 11.8 Å². The van der Waals surface area contributed by atoms with E-state index in [0.29, 0.717) is 23.3 Å². The van der Waals surface area contributed by atoms with Crippen molar-refractivity contribution in [2.75, 3.05) is 6.61 Å². The maximum Gasteiger partial charge on any atom is 0.341 e. The van der Waals surface area contributed by atoms with Gasteiger partial charge >= 0.3 is 12.0 Å². The number of allylic oxidation sites excluding steroid dienone is 1. The molecule has 0 saturated carbocycles. The van der Waals surface area contributed by atoms with Crippen molar-refractivity contribution in [3.63, 3.8) is 0 Å². The van der Waals surface area contributed by atoms with E-state index in [0.717, 1.165) is 47.6 Å². The first kappa shape index (κ1) is 22.0. The highest BCUT2D eigenvalue weighted by Gasteiger charge is 2.32. The lowest BCUT2D eigenvalue weighted by Gasteiger charge is -2.17. The van der Waals surface area contributed by atoms with Crippen molar-refractivity contribution in [3.05, 3.63) is 44.6 Å². The number of fused-ring (bicyclic) bond motifs is 1. The molecule has 168 valence electrons. The third kappa shape index (κ3) is 3.56. The molecule has 2 aromatic rings. The fourth-order valence-electron chi connectivity index (χ4n) is 4.52. The van der Waals surface area contributed by atoms with Gasteiger partial charge in [-0.3, -0.25) is 20.2 Å². The Kier molecular flexibility index (Phi) is 5.77. The number of carbonyl (C=O) groups excluding carboxylic acids is 4. The van der Waals surface area contributed by atoms with Crippen LogP contribution in [0.25, 0.3) is 10.6 Å². The summed E-state index contributed by atoms with van der Waals surface area (Å²) in [5, 5.41) is 5.05. The number of amides is 4. The van der Waals surface area contributed by atoms with Crippen LogP contribution in [0.3, 0.4) is 0 Å². The Labute approximate surface area is 189 Å². The minimum absolute atomic E-state index is 0.0964. The van der Waals surface area contributed by atoms with Crippen LogP contribution in [0.1, 0.15) is 64.4 Å². The van der Waals surface area contributed by atoms with Crippen LogP contribution < -0.4 is 10.6 Å². The van der Waals surface area contributed by atoms with Crippen LogP contribution in [0.5, 0.6) is 0 Å². The van der Waals surface area contributed by atoms with Gasteiger partial charge in [0, 0.05) is 16.3 Å². The van der Waals surface area contributed by atoms with E-state index in [-0.39, 0.29) is 11.5 Å². The van der Waals surface area contributed by atoms with Gasteiger partial charge in [0.1, 0.15) is 10.6 Å². The molecule has 3 heterocycles. The minimum atomic E-state index is -0.828. The van der Waals surface area contributed by atoms with E-state index in [1.165, 1.54) is 4.88 Å². The maximum absolute atomic E-state index is 12.9. The summed E-state index contributed by atoms with van der Waals surface area (Å²) in [6.45, 7) is 7.59. The minimum Gasteiger partial charge on any atom is -0.462 e. The number of aryl methyl sites for hydroxylation is 2. The highest BCUT2D eigenvalue weighted by molar-refractivity contribution is 7.15. The topological polar surface area (TPSA) is 106 Å². The fourth-order valence-corrected chi connectivity index (χ4v) is 6.01. The zero-order valence-corrected chi connectivity index (χ0v) is 19.3. The molecule has 0 spiro atoms. The van der Waals surface area contributed by atoms with Gasteiger partial charge in [-0.15, -0.1) is 11.3 Å². The molecule has 1 saturated heterocycles. The molecule has 1 aliphatic carbocycles. The van der Waals surface area contributed by atoms with E-state index in [1.54, 1.807) is 25.2 Å². The molecule has 0 radical (unpaired) electrons. The Morgan fingerprint density at radius 3 is 2.44 bits per heavy atom. The Balaban J connectivity index is 1.88. The fraction of sp³-hybridized carbons (Fsp3) is 0.391. The number of hydrogen-bond donors (Lipinski definition) is 2. The van der Waals surface area contributed by atoms with E-state index < -0.39 is 17.8 Å². The number of hydrogen-bond acceptors (Lipinski definition) is 6. The Bertz CT molecular complexity index is 1180. The second kappa shape index (κ2) is 8.38. The first-order valence-electron chi connectivity index (χ1n) is 10.6. The molecule has 9 heteroatoms. The van der Waals surface area contributed by atoms with Gasteiger partial charge in [-0.2, -0.15) is 0 Å². The predicted molar refractivity (Wildman–Crippen MR) is 120 cm³/mol. The number of urea groups is 1. The van der Waals surface area contributed by atoms with Gasteiger partial charge in [-0.05, 0) is 76.1 Å². The largest absolute Gasteiger partial charge is 0.462 e. The second-order valence-electron chi connectivity index (χ2n) is 7.97. The summed E-state index contributed by atoms with van der Waals surface area (Å²) in [6.07, 6.45) is 3.93. The molecule has 0 unspecified atom stereocenters.